The Bertz CT molecular complexity index is 1340. The highest BCUT2D eigenvalue weighted by atomic mass is 32.2. The second-order valence-electron chi connectivity index (χ2n) is 5.81. The molecule has 2 aliphatic heterocycles. The van der Waals surface area contributed by atoms with Crippen LogP contribution in [0.3, 0.4) is 0 Å². The van der Waals surface area contributed by atoms with Gasteiger partial charge in [-0.05, 0) is 18.1 Å². The Kier molecular flexibility index (Phi) is 2.99. The first-order valence-electron chi connectivity index (χ1n) is 14.4. The van der Waals surface area contributed by atoms with Crippen molar-refractivity contribution in [1.82, 2.24) is 9.80 Å². The maximum absolute atomic E-state index is 9.28. The van der Waals surface area contributed by atoms with Crippen molar-refractivity contribution in [1.29, 1.82) is 0 Å². The molecule has 1 saturated heterocycles. The van der Waals surface area contributed by atoms with Crippen LogP contribution in [0.1, 0.15) is 22.0 Å². The summed E-state index contributed by atoms with van der Waals surface area (Å²) in [6, 6.07) is -3.29. The second-order valence-corrected chi connectivity index (χ2v) is 6.83. The Balaban J connectivity index is 1.68. The van der Waals surface area contributed by atoms with Gasteiger partial charge in [0.2, 0.25) is 0 Å². The third-order valence-electron chi connectivity index (χ3n) is 4.23. The van der Waals surface area contributed by atoms with Gasteiger partial charge in [0.1, 0.15) is 5.84 Å². The molecule has 0 atom stereocenters. The molecule has 2 aromatic carbocycles. The molecule has 1 N–H and O–H groups in total. The van der Waals surface area contributed by atoms with Gasteiger partial charge in [0, 0.05) is 48.1 Å². The van der Waals surface area contributed by atoms with Gasteiger partial charge in [-0.2, -0.15) is 0 Å². The fraction of sp³-hybridized carbons (Fsp3) is 0.381. The fourth-order valence-corrected chi connectivity index (χ4v) is 3.76. The molecular formula is C21H25N3O2S. The van der Waals surface area contributed by atoms with E-state index in [2.05, 4.69) is 4.99 Å². The summed E-state index contributed by atoms with van der Waals surface area (Å²) in [6.45, 7) is -4.55. The van der Waals surface area contributed by atoms with Gasteiger partial charge in [0.15, 0.2) is 0 Å². The first kappa shape index (κ1) is 9.09. The number of aliphatic imine (C=N–C) groups is 1. The normalized spacial score (nSPS) is 24.5. The largest absolute Gasteiger partial charge is 0.394 e. The topological polar surface area (TPSA) is 48.3 Å². The zero-order chi connectivity index (χ0) is 29.0. The molecule has 0 saturated carbocycles. The first-order valence-corrected chi connectivity index (χ1v) is 9.19. The molecule has 2 aromatic rings. The van der Waals surface area contributed by atoms with E-state index in [1.54, 1.807) is 4.90 Å². The zero-order valence-electron chi connectivity index (χ0n) is 26.3. The molecule has 1 fully saturated rings. The van der Waals surface area contributed by atoms with Crippen LogP contribution in [0.2, 0.25) is 0 Å². The van der Waals surface area contributed by atoms with Crippen LogP contribution in [0.15, 0.2) is 63.1 Å². The van der Waals surface area contributed by atoms with Crippen LogP contribution in [0.25, 0.3) is 0 Å². The lowest BCUT2D eigenvalue weighted by molar-refractivity contribution is 0.0652. The van der Waals surface area contributed by atoms with Gasteiger partial charge < -0.3 is 14.7 Å². The van der Waals surface area contributed by atoms with E-state index < -0.39 is 37.3 Å². The number of hydrogen-bond acceptors (Lipinski definition) is 6. The van der Waals surface area contributed by atoms with Gasteiger partial charge in [0.25, 0.3) is 0 Å². The highest BCUT2D eigenvalue weighted by Crippen LogP contribution is 2.40. The number of nitrogens with zero attached hydrogens (tertiary/aromatic N) is 3. The maximum Gasteiger partial charge on any atom is 0.137 e. The lowest BCUT2D eigenvalue weighted by Gasteiger charge is -2.36. The molecule has 142 valence electrons. The standard InChI is InChI=1S/C21H25N3O2S/c25-14-16-26-15-13-23-9-11-24(12-10-23)21-17-5-1-3-7-19(17)27-20-8-4-2-6-18(20)22-21/h1-8,25H,9-16H2/i1D,2D,3D,4D,5D,6D,7D,8D,14D2,16D2. The summed E-state index contributed by atoms with van der Waals surface area (Å²) in [5.74, 6) is 0.161. The summed E-state index contributed by atoms with van der Waals surface area (Å²) in [6.07, 6.45) is 0. The fourth-order valence-electron chi connectivity index (χ4n) is 2.92. The molecular weight excluding hydrogens is 358 g/mol. The molecule has 2 heterocycles. The van der Waals surface area contributed by atoms with Crippen LogP contribution < -0.4 is 0 Å². The minimum absolute atomic E-state index is 0.0506. The molecule has 0 spiro atoms. The summed E-state index contributed by atoms with van der Waals surface area (Å²) in [4.78, 5) is 8.45. The summed E-state index contributed by atoms with van der Waals surface area (Å²) >= 11 is 0.838. The van der Waals surface area contributed by atoms with Crippen molar-refractivity contribution in [3.8, 4) is 0 Å². The molecule has 0 unspecified atom stereocenters. The van der Waals surface area contributed by atoms with E-state index in [1.165, 1.54) is 0 Å². The molecule has 5 nitrogen and oxygen atoms in total. The van der Waals surface area contributed by atoms with Crippen molar-refractivity contribution in [2.75, 3.05) is 52.4 Å². The average molecular weight is 396 g/mol. The van der Waals surface area contributed by atoms with Gasteiger partial charge in [-0.15, -0.1) is 0 Å². The van der Waals surface area contributed by atoms with E-state index in [-0.39, 0.29) is 64.2 Å². The highest BCUT2D eigenvalue weighted by Gasteiger charge is 2.24. The third-order valence-corrected chi connectivity index (χ3v) is 5.24. The molecule has 0 radical (unpaired) electrons. The molecule has 0 amide bonds. The molecule has 27 heavy (non-hydrogen) atoms. The number of para-hydroxylation sites is 1. The Morgan fingerprint density at radius 3 is 2.63 bits per heavy atom. The predicted octanol–water partition coefficient (Wildman–Crippen LogP) is 2.86. The van der Waals surface area contributed by atoms with Crippen LogP contribution in [-0.4, -0.2) is 73.2 Å². The smallest absolute Gasteiger partial charge is 0.137 e. The van der Waals surface area contributed by atoms with E-state index in [9.17, 15) is 5.11 Å². The van der Waals surface area contributed by atoms with Crippen LogP contribution in [-0.2, 0) is 4.74 Å². The van der Waals surface area contributed by atoms with E-state index in [0.29, 0.717) is 26.2 Å². The number of rotatable bonds is 5. The van der Waals surface area contributed by atoms with Crippen molar-refractivity contribution in [3.05, 3.63) is 53.9 Å². The summed E-state index contributed by atoms with van der Waals surface area (Å²) < 4.78 is 101. The van der Waals surface area contributed by atoms with Crippen LogP contribution in [0.4, 0.5) is 5.69 Å². The Labute approximate surface area is 181 Å². The minimum atomic E-state index is -3.17. The maximum atomic E-state index is 9.28. The van der Waals surface area contributed by atoms with Crippen LogP contribution in [0.5, 0.6) is 0 Å². The lowest BCUT2D eigenvalue weighted by atomic mass is 10.1. The van der Waals surface area contributed by atoms with Crippen molar-refractivity contribution < 1.29 is 26.3 Å². The molecule has 0 aliphatic carbocycles. The molecule has 0 bridgehead atoms. The number of piperazine rings is 1. The average Bonchev–Trinajstić information content (AvgIpc) is 3.06. The van der Waals surface area contributed by atoms with E-state index in [0.717, 1.165) is 11.8 Å². The van der Waals surface area contributed by atoms with E-state index in [1.807, 2.05) is 4.90 Å². The van der Waals surface area contributed by atoms with Crippen molar-refractivity contribution in [2.45, 2.75) is 9.79 Å². The Hall–Kier alpha value is -1.86. The Morgan fingerprint density at radius 1 is 1.07 bits per heavy atom. The number of aliphatic hydroxyl groups is 1. The molecule has 4 rings (SSSR count). The summed E-state index contributed by atoms with van der Waals surface area (Å²) in [5.41, 5.74) is 0.0552. The third kappa shape index (κ3) is 4.35. The number of fused-ring (bicyclic) bond motifs is 2. The lowest BCUT2D eigenvalue weighted by Crippen LogP contribution is -2.49. The zero-order valence-corrected chi connectivity index (χ0v) is 15.2. The minimum Gasteiger partial charge on any atom is -0.394 e. The van der Waals surface area contributed by atoms with E-state index in [4.69, 9.17) is 21.2 Å². The number of hydrogen-bond donors (Lipinski definition) is 1. The molecule has 2 aliphatic rings. The van der Waals surface area contributed by atoms with Gasteiger partial charge in [-0.3, -0.25) is 4.90 Å². The van der Waals surface area contributed by atoms with Gasteiger partial charge in [-0.25, -0.2) is 4.99 Å². The van der Waals surface area contributed by atoms with Gasteiger partial charge >= 0.3 is 0 Å². The second kappa shape index (κ2) is 8.89. The van der Waals surface area contributed by atoms with Gasteiger partial charge in [-0.1, -0.05) is 42.0 Å². The SMILES string of the molecule is [2H]c1c([2H])c([2H])c2c(c1[2H])N=C(N1CCN(CCOC([2H])([2H])C([2H])([2H])O)CC1)c1c([2H])c([2H])c([2H])c([2H])c1S2. The monoisotopic (exact) mass is 395 g/mol. The van der Waals surface area contributed by atoms with Gasteiger partial charge in [0.05, 0.1) is 41.9 Å². The number of ether oxygens (including phenoxy) is 1. The summed E-state index contributed by atoms with van der Waals surface area (Å²) in [5, 5.41) is 9.28. The van der Waals surface area contributed by atoms with Crippen molar-refractivity contribution in [3.63, 3.8) is 0 Å². The quantitative estimate of drug-likeness (QED) is 0.844. The Morgan fingerprint density at radius 2 is 1.81 bits per heavy atom. The number of benzene rings is 2. The number of amidine groups is 1. The van der Waals surface area contributed by atoms with Crippen molar-refractivity contribution in [2.24, 2.45) is 4.99 Å². The highest BCUT2D eigenvalue weighted by molar-refractivity contribution is 7.99. The van der Waals surface area contributed by atoms with E-state index >= 15 is 0 Å². The van der Waals surface area contributed by atoms with Crippen molar-refractivity contribution >= 4 is 23.3 Å². The van der Waals surface area contributed by atoms with Crippen LogP contribution >= 0.6 is 11.8 Å². The van der Waals surface area contributed by atoms with Crippen LogP contribution in [0, 0.1) is 0 Å². The first-order chi connectivity index (χ1) is 18.1. The summed E-state index contributed by atoms with van der Waals surface area (Å²) in [7, 11) is 0. The molecule has 0 aromatic heterocycles. The predicted molar refractivity (Wildman–Crippen MR) is 109 cm³/mol. The molecule has 6 heteroatoms.